The number of nitrogens with one attached hydrogen (secondary N) is 1. The summed E-state index contributed by atoms with van der Waals surface area (Å²) in [6.45, 7) is 0. The van der Waals surface area contributed by atoms with Gasteiger partial charge in [0.05, 0.1) is 23.1 Å². The van der Waals surface area contributed by atoms with E-state index in [9.17, 15) is 19.7 Å². The molecule has 1 amide bonds. The maximum absolute atomic E-state index is 11.6. The van der Waals surface area contributed by atoms with Crippen molar-refractivity contribution >= 4 is 39.2 Å². The van der Waals surface area contributed by atoms with E-state index in [1.165, 1.54) is 18.2 Å². The first-order valence-corrected chi connectivity index (χ1v) is 5.82. The zero-order valence-corrected chi connectivity index (χ0v) is 11.1. The van der Waals surface area contributed by atoms with E-state index in [1.807, 2.05) is 0 Å². The van der Waals surface area contributed by atoms with Gasteiger partial charge in [-0.2, -0.15) is 0 Å². The highest BCUT2D eigenvalue weighted by atomic mass is 79.9. The average Bonchev–Trinajstić information content (AvgIpc) is 2.30. The molecule has 19 heavy (non-hydrogen) atoms. The van der Waals surface area contributed by atoms with Crippen LogP contribution in [0, 0.1) is 10.1 Å². The number of rotatable bonds is 5. The van der Waals surface area contributed by atoms with Crippen molar-refractivity contribution in [1.29, 1.82) is 0 Å². The molecule has 0 aromatic heterocycles. The minimum absolute atomic E-state index is 0.139. The number of non-ortho nitro benzene ring substituents is 1. The van der Waals surface area contributed by atoms with E-state index < -0.39 is 29.3 Å². The van der Waals surface area contributed by atoms with Gasteiger partial charge in [0.2, 0.25) is 5.91 Å². The van der Waals surface area contributed by atoms with Crippen LogP contribution >= 0.6 is 15.9 Å². The number of carboxylic acids is 1. The maximum atomic E-state index is 11.6. The Hall–Kier alpha value is -2.00. The van der Waals surface area contributed by atoms with Gasteiger partial charge < -0.3 is 16.2 Å². The summed E-state index contributed by atoms with van der Waals surface area (Å²) in [5, 5.41) is 21.4. The van der Waals surface area contributed by atoms with Crippen LogP contribution in [0.2, 0.25) is 0 Å². The highest BCUT2D eigenvalue weighted by Gasteiger charge is 2.18. The summed E-state index contributed by atoms with van der Waals surface area (Å²) in [5.74, 6) is -1.87. The number of nitro benzene ring substituents is 1. The summed E-state index contributed by atoms with van der Waals surface area (Å²) in [6.07, 6.45) is -0.504. The number of amides is 1. The number of halogens is 1. The van der Waals surface area contributed by atoms with Crippen LogP contribution in [0.1, 0.15) is 6.42 Å². The summed E-state index contributed by atoms with van der Waals surface area (Å²) in [6, 6.07) is 2.56. The Morgan fingerprint density at radius 1 is 1.53 bits per heavy atom. The molecule has 4 N–H and O–H groups in total. The first-order chi connectivity index (χ1) is 8.81. The van der Waals surface area contributed by atoms with Crippen LogP contribution in [0.25, 0.3) is 0 Å². The summed E-state index contributed by atoms with van der Waals surface area (Å²) in [5.41, 5.74) is 5.51. The van der Waals surface area contributed by atoms with Gasteiger partial charge in [-0.25, -0.2) is 0 Å². The number of nitrogens with two attached hydrogens (primary N) is 1. The van der Waals surface area contributed by atoms with Crippen LogP contribution in [0.5, 0.6) is 0 Å². The number of aliphatic carboxylic acids is 1. The molecule has 0 heterocycles. The zero-order chi connectivity index (χ0) is 14.6. The largest absolute Gasteiger partial charge is 0.481 e. The normalized spacial score (nSPS) is 11.7. The van der Waals surface area contributed by atoms with Gasteiger partial charge in [-0.05, 0) is 22.0 Å². The molecule has 0 fully saturated rings. The number of benzene rings is 1. The van der Waals surface area contributed by atoms with Crippen molar-refractivity contribution in [2.75, 3.05) is 5.32 Å². The number of carboxylic acid groups (broad SMARTS) is 1. The molecule has 0 saturated heterocycles. The predicted octanol–water partition coefficient (Wildman–Crippen LogP) is 1.10. The Labute approximate surface area is 115 Å². The Balaban J connectivity index is 2.80. The molecular weight excluding hydrogens is 322 g/mol. The molecule has 0 bridgehead atoms. The maximum Gasteiger partial charge on any atom is 0.305 e. The van der Waals surface area contributed by atoms with Gasteiger partial charge in [0.15, 0.2) is 0 Å². The number of carbonyl (C=O) groups excluding carboxylic acids is 1. The van der Waals surface area contributed by atoms with Gasteiger partial charge in [-0.3, -0.25) is 19.7 Å². The number of carbonyl (C=O) groups is 2. The topological polar surface area (TPSA) is 136 Å². The number of hydrogen-bond acceptors (Lipinski definition) is 5. The highest BCUT2D eigenvalue weighted by molar-refractivity contribution is 9.10. The lowest BCUT2D eigenvalue weighted by molar-refractivity contribution is -0.384. The van der Waals surface area contributed by atoms with E-state index in [1.54, 1.807) is 0 Å². The number of nitrogens with zero attached hydrogens (tertiary/aromatic N) is 1. The van der Waals surface area contributed by atoms with Crippen molar-refractivity contribution in [2.24, 2.45) is 5.73 Å². The molecule has 0 saturated carbocycles. The van der Waals surface area contributed by atoms with E-state index >= 15 is 0 Å². The lowest BCUT2D eigenvalue weighted by atomic mass is 10.2. The Morgan fingerprint density at radius 2 is 2.16 bits per heavy atom. The fourth-order valence-electron chi connectivity index (χ4n) is 1.23. The van der Waals surface area contributed by atoms with Gasteiger partial charge in [0.1, 0.15) is 0 Å². The van der Waals surface area contributed by atoms with Crippen LogP contribution in [0.4, 0.5) is 11.4 Å². The van der Waals surface area contributed by atoms with E-state index in [0.29, 0.717) is 4.47 Å². The molecule has 9 heteroatoms. The third-order valence-corrected chi connectivity index (χ3v) is 2.81. The second kappa shape index (κ2) is 6.25. The molecular formula is C10H10BrN3O5. The lowest BCUT2D eigenvalue weighted by Crippen LogP contribution is -2.37. The van der Waals surface area contributed by atoms with Gasteiger partial charge in [-0.1, -0.05) is 0 Å². The smallest absolute Gasteiger partial charge is 0.305 e. The fraction of sp³-hybridized carbons (Fsp3) is 0.200. The first-order valence-electron chi connectivity index (χ1n) is 5.03. The van der Waals surface area contributed by atoms with Crippen LogP contribution in [0.15, 0.2) is 22.7 Å². The van der Waals surface area contributed by atoms with Crippen molar-refractivity contribution in [3.8, 4) is 0 Å². The summed E-state index contributed by atoms with van der Waals surface area (Å²) >= 11 is 3.07. The van der Waals surface area contributed by atoms with Gasteiger partial charge in [0, 0.05) is 16.6 Å². The van der Waals surface area contributed by atoms with Crippen molar-refractivity contribution in [1.82, 2.24) is 0 Å². The highest BCUT2D eigenvalue weighted by Crippen LogP contribution is 2.27. The number of nitro groups is 1. The number of hydrogen-bond donors (Lipinski definition) is 3. The molecule has 1 aromatic carbocycles. The number of anilines is 1. The molecule has 0 spiro atoms. The monoisotopic (exact) mass is 331 g/mol. The third-order valence-electron chi connectivity index (χ3n) is 2.15. The molecule has 8 nitrogen and oxygen atoms in total. The van der Waals surface area contributed by atoms with Gasteiger partial charge in [0.25, 0.3) is 5.69 Å². The first kappa shape index (κ1) is 15.1. The summed E-state index contributed by atoms with van der Waals surface area (Å²) in [4.78, 5) is 31.9. The predicted molar refractivity (Wildman–Crippen MR) is 69.7 cm³/mol. The molecule has 1 unspecified atom stereocenters. The Kier molecular flexibility index (Phi) is 4.95. The van der Waals surface area contributed by atoms with E-state index in [2.05, 4.69) is 21.2 Å². The molecule has 0 aliphatic carbocycles. The zero-order valence-electron chi connectivity index (χ0n) is 9.50. The summed E-state index contributed by atoms with van der Waals surface area (Å²) in [7, 11) is 0. The molecule has 1 aromatic rings. The SMILES string of the molecule is NC(CC(=O)O)C(=O)Nc1ccc([N+](=O)[O-])cc1Br. The molecule has 102 valence electrons. The van der Waals surface area contributed by atoms with E-state index in [4.69, 9.17) is 10.8 Å². The van der Waals surface area contributed by atoms with Crippen LogP contribution in [-0.2, 0) is 9.59 Å². The fourth-order valence-corrected chi connectivity index (χ4v) is 1.69. The van der Waals surface area contributed by atoms with Crippen molar-refractivity contribution in [3.05, 3.63) is 32.8 Å². The van der Waals surface area contributed by atoms with Crippen LogP contribution < -0.4 is 11.1 Å². The molecule has 0 radical (unpaired) electrons. The third kappa shape index (κ3) is 4.30. The van der Waals surface area contributed by atoms with E-state index in [0.717, 1.165) is 0 Å². The quantitative estimate of drug-likeness (QED) is 0.546. The lowest BCUT2D eigenvalue weighted by Gasteiger charge is -2.11. The minimum Gasteiger partial charge on any atom is -0.481 e. The van der Waals surface area contributed by atoms with Crippen molar-refractivity contribution < 1.29 is 19.6 Å². The van der Waals surface area contributed by atoms with Crippen LogP contribution in [0.3, 0.4) is 0 Å². The van der Waals surface area contributed by atoms with E-state index in [-0.39, 0.29) is 11.4 Å². The minimum atomic E-state index is -1.19. The summed E-state index contributed by atoms with van der Waals surface area (Å²) < 4.78 is 0.303. The van der Waals surface area contributed by atoms with Crippen LogP contribution in [-0.4, -0.2) is 27.9 Å². The van der Waals surface area contributed by atoms with Crippen molar-refractivity contribution in [2.45, 2.75) is 12.5 Å². The molecule has 0 aliphatic rings. The average molecular weight is 332 g/mol. The van der Waals surface area contributed by atoms with Gasteiger partial charge >= 0.3 is 5.97 Å². The second-order valence-electron chi connectivity index (χ2n) is 3.61. The standard InChI is InChI=1S/C10H10BrN3O5/c11-6-3-5(14(18)19)1-2-8(6)13-10(17)7(12)4-9(15)16/h1-3,7H,4,12H2,(H,13,17)(H,15,16). The molecule has 1 atom stereocenters. The molecule has 0 aliphatic heterocycles. The van der Waals surface area contributed by atoms with Gasteiger partial charge in [-0.15, -0.1) is 0 Å². The second-order valence-corrected chi connectivity index (χ2v) is 4.47. The van der Waals surface area contributed by atoms with Crippen molar-refractivity contribution in [3.63, 3.8) is 0 Å². The Bertz CT molecular complexity index is 534. The Morgan fingerprint density at radius 3 is 2.63 bits per heavy atom. The molecule has 1 rings (SSSR count).